The number of rotatable bonds is 6. The lowest BCUT2D eigenvalue weighted by atomic mass is 9.82. The van der Waals surface area contributed by atoms with E-state index in [-0.39, 0.29) is 0 Å². The summed E-state index contributed by atoms with van der Waals surface area (Å²) in [6, 6.07) is 7.37. The van der Waals surface area contributed by atoms with Crippen LogP contribution < -0.4 is 5.32 Å². The quantitative estimate of drug-likeness (QED) is 0.628. The van der Waals surface area contributed by atoms with Gasteiger partial charge in [-0.3, -0.25) is 0 Å². The second-order valence-corrected chi connectivity index (χ2v) is 8.23. The van der Waals surface area contributed by atoms with Gasteiger partial charge in [-0.25, -0.2) is 0 Å². The predicted octanol–water partition coefficient (Wildman–Crippen LogP) is 5.47. The smallest absolute Gasteiger partial charge is 0.0333 e. The Hall–Kier alpha value is -0.0900. The lowest BCUT2D eigenvalue weighted by molar-refractivity contribution is 0.279. The van der Waals surface area contributed by atoms with E-state index in [9.17, 15) is 0 Å². The maximum absolute atomic E-state index is 3.84. The number of hydrogen-bond donors (Lipinski definition) is 1. The summed E-state index contributed by atoms with van der Waals surface area (Å²) in [6.07, 6.45) is 8.60. The molecular formula is C19H28IN. The van der Waals surface area contributed by atoms with Crippen LogP contribution in [0.1, 0.15) is 62.6 Å². The van der Waals surface area contributed by atoms with E-state index in [1.807, 2.05) is 0 Å². The molecular weight excluding hydrogens is 369 g/mol. The summed E-state index contributed by atoms with van der Waals surface area (Å²) in [7, 11) is 0. The van der Waals surface area contributed by atoms with Crippen molar-refractivity contribution in [2.24, 2.45) is 17.8 Å². The number of fused-ring (bicyclic) bond motifs is 2. The molecule has 0 saturated heterocycles. The zero-order valence-electron chi connectivity index (χ0n) is 13.4. The van der Waals surface area contributed by atoms with Crippen molar-refractivity contribution < 1.29 is 0 Å². The van der Waals surface area contributed by atoms with E-state index in [1.165, 1.54) is 53.2 Å². The van der Waals surface area contributed by atoms with E-state index >= 15 is 0 Å². The monoisotopic (exact) mass is 397 g/mol. The Kier molecular flexibility index (Phi) is 5.26. The van der Waals surface area contributed by atoms with Gasteiger partial charge in [0.15, 0.2) is 0 Å². The Balaban J connectivity index is 1.75. The Labute approximate surface area is 143 Å². The molecule has 2 heteroatoms. The largest absolute Gasteiger partial charge is 0.310 e. The van der Waals surface area contributed by atoms with Crippen molar-refractivity contribution in [1.29, 1.82) is 0 Å². The summed E-state index contributed by atoms with van der Waals surface area (Å²) in [6.45, 7) is 5.64. The maximum Gasteiger partial charge on any atom is 0.0333 e. The molecule has 2 fully saturated rings. The molecule has 1 aromatic rings. The molecule has 0 heterocycles. The molecule has 0 aromatic heterocycles. The summed E-state index contributed by atoms with van der Waals surface area (Å²) in [5.74, 6) is 3.06. The molecule has 0 radical (unpaired) electrons. The topological polar surface area (TPSA) is 12.0 Å². The first-order chi connectivity index (χ1) is 10.2. The minimum atomic E-state index is 0.557. The van der Waals surface area contributed by atoms with Gasteiger partial charge in [0.25, 0.3) is 0 Å². The van der Waals surface area contributed by atoms with Crippen LogP contribution >= 0.6 is 22.6 Å². The predicted molar refractivity (Wildman–Crippen MR) is 98.5 cm³/mol. The molecule has 2 saturated carbocycles. The van der Waals surface area contributed by atoms with Crippen LogP contribution in [0.4, 0.5) is 0 Å². The minimum absolute atomic E-state index is 0.557. The van der Waals surface area contributed by atoms with Crippen molar-refractivity contribution in [3.8, 4) is 0 Å². The fraction of sp³-hybridized carbons (Fsp3) is 0.684. The van der Waals surface area contributed by atoms with Gasteiger partial charge in [-0.05, 0) is 97.0 Å². The Morgan fingerprint density at radius 1 is 1.29 bits per heavy atom. The Morgan fingerprint density at radius 2 is 2.14 bits per heavy atom. The summed E-state index contributed by atoms with van der Waals surface area (Å²) < 4.78 is 1.46. The fourth-order valence-corrected chi connectivity index (χ4v) is 5.28. The van der Waals surface area contributed by atoms with Gasteiger partial charge >= 0.3 is 0 Å². The van der Waals surface area contributed by atoms with Crippen molar-refractivity contribution in [1.82, 2.24) is 5.32 Å². The Morgan fingerprint density at radius 3 is 2.81 bits per heavy atom. The molecule has 2 bridgehead atoms. The Bertz CT molecular complexity index is 484. The van der Waals surface area contributed by atoms with Gasteiger partial charge in [0, 0.05) is 9.61 Å². The molecule has 2 aliphatic rings. The second kappa shape index (κ2) is 6.99. The third-order valence-corrected chi connectivity index (χ3v) is 7.13. The minimum Gasteiger partial charge on any atom is -0.310 e. The van der Waals surface area contributed by atoms with E-state index in [0.29, 0.717) is 6.04 Å². The molecule has 3 rings (SSSR count). The zero-order valence-corrected chi connectivity index (χ0v) is 15.5. The molecule has 4 unspecified atom stereocenters. The van der Waals surface area contributed by atoms with Crippen LogP contribution in [0.25, 0.3) is 0 Å². The summed E-state index contributed by atoms with van der Waals surface area (Å²) >= 11 is 2.54. The van der Waals surface area contributed by atoms with Crippen molar-refractivity contribution in [3.05, 3.63) is 32.9 Å². The highest BCUT2D eigenvalue weighted by Gasteiger charge is 2.40. The zero-order chi connectivity index (χ0) is 14.8. The SMILES string of the molecule is CCCNC(CC1CC2CCC1C2)c1cccc(C)c1I. The van der Waals surface area contributed by atoms with Crippen LogP contribution in [-0.4, -0.2) is 6.54 Å². The first kappa shape index (κ1) is 15.8. The van der Waals surface area contributed by atoms with Gasteiger partial charge in [-0.2, -0.15) is 0 Å². The van der Waals surface area contributed by atoms with E-state index in [1.54, 1.807) is 0 Å². The molecule has 1 N–H and O–H groups in total. The summed E-state index contributed by atoms with van der Waals surface area (Å²) in [5, 5.41) is 3.84. The van der Waals surface area contributed by atoms with Gasteiger partial charge in [-0.1, -0.05) is 31.5 Å². The lowest BCUT2D eigenvalue weighted by Crippen LogP contribution is -2.27. The third-order valence-electron chi connectivity index (χ3n) is 5.66. The molecule has 1 nitrogen and oxygen atoms in total. The van der Waals surface area contributed by atoms with Crippen molar-refractivity contribution in [2.75, 3.05) is 6.54 Å². The second-order valence-electron chi connectivity index (χ2n) is 7.16. The van der Waals surface area contributed by atoms with Crippen LogP contribution in [-0.2, 0) is 0 Å². The van der Waals surface area contributed by atoms with E-state index < -0.39 is 0 Å². The molecule has 116 valence electrons. The number of hydrogen-bond acceptors (Lipinski definition) is 1. The van der Waals surface area contributed by atoms with Crippen molar-refractivity contribution in [3.63, 3.8) is 0 Å². The molecule has 0 spiro atoms. The summed E-state index contributed by atoms with van der Waals surface area (Å²) in [5.41, 5.74) is 2.95. The summed E-state index contributed by atoms with van der Waals surface area (Å²) in [4.78, 5) is 0. The van der Waals surface area contributed by atoms with Gasteiger partial charge < -0.3 is 5.32 Å². The highest BCUT2D eigenvalue weighted by Crippen LogP contribution is 2.51. The van der Waals surface area contributed by atoms with Crippen LogP contribution in [0.15, 0.2) is 18.2 Å². The molecule has 2 aliphatic carbocycles. The van der Waals surface area contributed by atoms with E-state index in [2.05, 4.69) is 60.0 Å². The maximum atomic E-state index is 3.84. The van der Waals surface area contributed by atoms with Gasteiger partial charge in [-0.15, -0.1) is 0 Å². The van der Waals surface area contributed by atoms with Gasteiger partial charge in [0.2, 0.25) is 0 Å². The molecule has 0 amide bonds. The molecule has 4 atom stereocenters. The van der Waals surface area contributed by atoms with Crippen LogP contribution in [0.3, 0.4) is 0 Å². The number of benzene rings is 1. The normalized spacial score (nSPS) is 29.0. The van der Waals surface area contributed by atoms with Crippen molar-refractivity contribution >= 4 is 22.6 Å². The first-order valence-corrected chi connectivity index (χ1v) is 9.75. The van der Waals surface area contributed by atoms with E-state index in [0.717, 1.165) is 24.3 Å². The van der Waals surface area contributed by atoms with Gasteiger partial charge in [0.1, 0.15) is 0 Å². The third kappa shape index (κ3) is 3.47. The lowest BCUT2D eigenvalue weighted by Gasteiger charge is -2.28. The number of halogens is 1. The first-order valence-electron chi connectivity index (χ1n) is 8.67. The number of aryl methyl sites for hydroxylation is 1. The molecule has 0 aliphatic heterocycles. The van der Waals surface area contributed by atoms with Crippen LogP contribution in [0.2, 0.25) is 0 Å². The average Bonchev–Trinajstić information content (AvgIpc) is 3.09. The molecule has 21 heavy (non-hydrogen) atoms. The van der Waals surface area contributed by atoms with Gasteiger partial charge in [0.05, 0.1) is 0 Å². The number of nitrogens with one attached hydrogen (secondary N) is 1. The van der Waals surface area contributed by atoms with Crippen LogP contribution in [0, 0.1) is 28.2 Å². The molecule has 1 aromatic carbocycles. The standard InChI is InChI=1S/C19H28IN/c1-3-9-21-18(17-6-4-5-13(2)19(17)20)12-16-11-14-7-8-15(16)10-14/h4-6,14-16,18,21H,3,7-12H2,1-2H3. The average molecular weight is 397 g/mol. The fourth-order valence-electron chi connectivity index (χ4n) is 4.55. The highest BCUT2D eigenvalue weighted by atomic mass is 127. The van der Waals surface area contributed by atoms with Crippen LogP contribution in [0.5, 0.6) is 0 Å². The van der Waals surface area contributed by atoms with E-state index in [4.69, 9.17) is 0 Å². The highest BCUT2D eigenvalue weighted by molar-refractivity contribution is 14.1. The van der Waals surface area contributed by atoms with Crippen molar-refractivity contribution in [2.45, 2.75) is 58.4 Å².